The lowest BCUT2D eigenvalue weighted by Gasteiger charge is -2.39. The predicted octanol–water partition coefficient (Wildman–Crippen LogP) is 3.54. The van der Waals surface area contributed by atoms with Crippen molar-refractivity contribution in [2.75, 3.05) is 32.8 Å². The molecule has 38 heavy (non-hydrogen) atoms. The van der Waals surface area contributed by atoms with Gasteiger partial charge in [-0.05, 0) is 37.1 Å². The van der Waals surface area contributed by atoms with E-state index in [-0.39, 0.29) is 47.2 Å². The number of primary amides is 1. The van der Waals surface area contributed by atoms with Crippen LogP contribution in [0.1, 0.15) is 37.9 Å². The molecule has 3 aromatic rings. The van der Waals surface area contributed by atoms with E-state index < -0.39 is 11.7 Å². The van der Waals surface area contributed by atoms with E-state index in [1.807, 2.05) is 19.9 Å². The number of alkyl halides is 3. The molecule has 1 fully saturated rings. The van der Waals surface area contributed by atoms with Crippen molar-refractivity contribution in [2.24, 2.45) is 11.7 Å². The number of hydrogen-bond acceptors (Lipinski definition) is 7. The number of nitrogens with two attached hydrogens (primary N) is 1. The lowest BCUT2D eigenvalue weighted by molar-refractivity contribution is -0.138. The zero-order valence-corrected chi connectivity index (χ0v) is 21.5. The molecule has 1 aliphatic heterocycles. The van der Waals surface area contributed by atoms with Crippen molar-refractivity contribution < 1.29 is 22.7 Å². The van der Waals surface area contributed by atoms with Crippen molar-refractivity contribution >= 4 is 16.9 Å². The number of halogens is 3. The van der Waals surface area contributed by atoms with Crippen LogP contribution in [0.2, 0.25) is 0 Å². The van der Waals surface area contributed by atoms with E-state index in [0.29, 0.717) is 49.6 Å². The van der Waals surface area contributed by atoms with Gasteiger partial charge in [-0.1, -0.05) is 13.8 Å². The quantitative estimate of drug-likeness (QED) is 0.457. The Hall–Kier alpha value is -3.69. The number of fused-ring (bicyclic) bond motifs is 1. The van der Waals surface area contributed by atoms with Gasteiger partial charge in [-0.3, -0.25) is 14.6 Å². The summed E-state index contributed by atoms with van der Waals surface area (Å²) in [5.74, 6) is 0.141. The smallest absolute Gasteiger partial charge is 0.419 e. The summed E-state index contributed by atoms with van der Waals surface area (Å²) in [5, 5.41) is 9.69. The Morgan fingerprint density at radius 1 is 1.21 bits per heavy atom. The normalized spacial score (nSPS) is 16.1. The van der Waals surface area contributed by atoms with Crippen LogP contribution < -0.4 is 10.5 Å². The number of carbonyl (C=O) groups excluding carboxylic acids is 1. The summed E-state index contributed by atoms with van der Waals surface area (Å²) in [7, 11) is 0. The van der Waals surface area contributed by atoms with E-state index in [0.717, 1.165) is 6.07 Å². The molecule has 1 atom stereocenters. The number of ether oxygens (including phenoxy) is 1. The van der Waals surface area contributed by atoms with Crippen molar-refractivity contribution in [2.45, 2.75) is 39.5 Å². The second-order valence-corrected chi connectivity index (χ2v) is 9.59. The number of rotatable bonds is 8. The molecular weight excluding hydrogens is 499 g/mol. The Kier molecular flexibility index (Phi) is 7.89. The molecule has 0 bridgehead atoms. The molecule has 1 aliphatic rings. The number of H-pyrrole nitrogens is 1. The highest BCUT2D eigenvalue weighted by molar-refractivity contribution is 5.84. The third-order valence-electron chi connectivity index (χ3n) is 6.60. The summed E-state index contributed by atoms with van der Waals surface area (Å²) in [6, 6.07) is 7.03. The van der Waals surface area contributed by atoms with Crippen molar-refractivity contribution in [3.05, 3.63) is 41.3 Å². The van der Waals surface area contributed by atoms with Crippen LogP contribution in [0.3, 0.4) is 0 Å². The molecule has 0 saturated carbocycles. The molecule has 1 saturated heterocycles. The van der Waals surface area contributed by atoms with E-state index in [2.05, 4.69) is 24.8 Å². The number of hydrogen-bond donors (Lipinski definition) is 2. The lowest BCUT2D eigenvalue weighted by Crippen LogP contribution is -2.55. The summed E-state index contributed by atoms with van der Waals surface area (Å²) < 4.78 is 46.1. The second kappa shape index (κ2) is 11.0. The molecule has 0 radical (unpaired) electrons. The van der Waals surface area contributed by atoms with E-state index in [9.17, 15) is 23.2 Å². The van der Waals surface area contributed by atoms with Crippen molar-refractivity contribution in [3.63, 3.8) is 0 Å². The molecule has 0 aliphatic carbocycles. The highest BCUT2D eigenvalue weighted by Gasteiger charge is 2.35. The second-order valence-electron chi connectivity index (χ2n) is 9.59. The molecule has 3 heterocycles. The van der Waals surface area contributed by atoms with Crippen molar-refractivity contribution in [1.29, 1.82) is 5.26 Å². The molecule has 9 nitrogen and oxygen atoms in total. The standard InChI is InChI=1S/C26H30F3N7O2/c1-4-38-21-6-5-16(11-17(21)26(27,28)29)18-12-19-23(20(13-30)32-18)34-22(33-19)14-35-7-9-36(10-8-35)24(15(2)3)25(31)37/h5-6,11-12,15,24H,4,7-10,14H2,1-3H3,(H2,31,37)(H,33,34). The van der Waals surface area contributed by atoms with Gasteiger partial charge in [-0.2, -0.15) is 18.4 Å². The van der Waals surface area contributed by atoms with Crippen LogP contribution in [0.15, 0.2) is 24.3 Å². The average molecular weight is 530 g/mol. The van der Waals surface area contributed by atoms with Crippen molar-refractivity contribution in [1.82, 2.24) is 24.8 Å². The lowest BCUT2D eigenvalue weighted by atomic mass is 10.0. The summed E-state index contributed by atoms with van der Waals surface area (Å²) in [5.41, 5.74) is 6.02. The van der Waals surface area contributed by atoms with Crippen LogP contribution in [-0.4, -0.2) is 69.5 Å². The topological polar surface area (TPSA) is 124 Å². The molecule has 202 valence electrons. The number of aromatic amines is 1. The molecule has 12 heteroatoms. The van der Waals surface area contributed by atoms with E-state index >= 15 is 0 Å². The Bertz CT molecular complexity index is 1360. The maximum absolute atomic E-state index is 13.6. The number of nitriles is 1. The van der Waals surface area contributed by atoms with Crippen LogP contribution >= 0.6 is 0 Å². The fourth-order valence-corrected chi connectivity index (χ4v) is 4.90. The van der Waals surface area contributed by atoms with Crippen LogP contribution in [0.5, 0.6) is 5.75 Å². The third-order valence-corrected chi connectivity index (χ3v) is 6.60. The number of imidazole rings is 1. The third kappa shape index (κ3) is 5.74. The number of pyridine rings is 1. The maximum atomic E-state index is 13.6. The number of carbonyl (C=O) groups is 1. The minimum atomic E-state index is -4.61. The number of benzene rings is 1. The predicted molar refractivity (Wildman–Crippen MR) is 135 cm³/mol. The van der Waals surface area contributed by atoms with Crippen LogP contribution in [0, 0.1) is 17.2 Å². The molecule has 1 aromatic carbocycles. The Morgan fingerprint density at radius 3 is 2.50 bits per heavy atom. The number of amides is 1. The summed E-state index contributed by atoms with van der Waals surface area (Å²) in [6.45, 7) is 8.91. The molecular formula is C26H30F3N7O2. The number of aromatic nitrogens is 3. The Morgan fingerprint density at radius 2 is 1.92 bits per heavy atom. The minimum absolute atomic E-state index is 0.0218. The van der Waals surface area contributed by atoms with Gasteiger partial charge in [0, 0.05) is 31.7 Å². The highest BCUT2D eigenvalue weighted by atomic mass is 19.4. The zero-order chi connectivity index (χ0) is 27.6. The van der Waals surface area contributed by atoms with E-state index in [1.54, 1.807) is 13.0 Å². The van der Waals surface area contributed by atoms with E-state index in [4.69, 9.17) is 10.5 Å². The van der Waals surface area contributed by atoms with Gasteiger partial charge in [0.05, 0.1) is 36.0 Å². The average Bonchev–Trinajstić information content (AvgIpc) is 3.26. The summed E-state index contributed by atoms with van der Waals surface area (Å²) in [4.78, 5) is 28.2. The first-order valence-corrected chi connectivity index (χ1v) is 12.4. The monoisotopic (exact) mass is 529 g/mol. The maximum Gasteiger partial charge on any atom is 0.419 e. The Labute approximate surface area is 218 Å². The van der Waals surface area contributed by atoms with Crippen LogP contribution in [0.25, 0.3) is 22.3 Å². The molecule has 2 aromatic heterocycles. The number of nitrogens with one attached hydrogen (secondary N) is 1. The van der Waals surface area contributed by atoms with E-state index in [1.165, 1.54) is 12.1 Å². The SMILES string of the molecule is CCOc1ccc(-c2cc3[nH]c(CN4CCN(C(C(N)=O)C(C)C)CC4)nc3c(C#N)n2)cc1C(F)(F)F. The van der Waals surface area contributed by atoms with Crippen LogP contribution in [0.4, 0.5) is 13.2 Å². The Balaban J connectivity index is 1.57. The molecule has 1 amide bonds. The first-order chi connectivity index (χ1) is 18.0. The van der Waals surface area contributed by atoms with Gasteiger partial charge in [0.25, 0.3) is 0 Å². The molecule has 1 unspecified atom stereocenters. The number of piperazine rings is 1. The number of nitrogens with zero attached hydrogens (tertiary/aromatic N) is 5. The van der Waals surface area contributed by atoms with Crippen LogP contribution in [-0.2, 0) is 17.5 Å². The first-order valence-electron chi connectivity index (χ1n) is 12.4. The fourth-order valence-electron chi connectivity index (χ4n) is 4.90. The highest BCUT2D eigenvalue weighted by Crippen LogP contribution is 2.39. The molecule has 4 rings (SSSR count). The van der Waals surface area contributed by atoms with Gasteiger partial charge in [-0.15, -0.1) is 0 Å². The van der Waals surface area contributed by atoms with Gasteiger partial charge in [0.2, 0.25) is 5.91 Å². The minimum Gasteiger partial charge on any atom is -0.493 e. The van der Waals surface area contributed by atoms with Gasteiger partial charge in [0.15, 0.2) is 5.69 Å². The first kappa shape index (κ1) is 27.3. The summed E-state index contributed by atoms with van der Waals surface area (Å²) >= 11 is 0. The molecule has 0 spiro atoms. The van der Waals surface area contributed by atoms with Crippen molar-refractivity contribution in [3.8, 4) is 23.1 Å². The van der Waals surface area contributed by atoms with Gasteiger partial charge in [-0.25, -0.2) is 9.97 Å². The largest absolute Gasteiger partial charge is 0.493 e. The zero-order valence-electron chi connectivity index (χ0n) is 21.5. The van der Waals surface area contributed by atoms with Gasteiger partial charge >= 0.3 is 6.18 Å². The fraction of sp³-hybridized carbons (Fsp3) is 0.462. The van der Waals surface area contributed by atoms with Gasteiger partial charge in [0.1, 0.15) is 23.2 Å². The summed E-state index contributed by atoms with van der Waals surface area (Å²) in [6.07, 6.45) is -4.61. The molecule has 3 N–H and O–H groups in total. The van der Waals surface area contributed by atoms with Gasteiger partial charge < -0.3 is 15.5 Å².